The maximum Gasteiger partial charge on any atom is 0.265 e. The monoisotopic (exact) mass is 395 g/mol. The molecule has 2 rings (SSSR count). The summed E-state index contributed by atoms with van der Waals surface area (Å²) in [4.78, 5) is -0.156. The van der Waals surface area contributed by atoms with Gasteiger partial charge in [-0.25, -0.2) is 8.42 Å². The van der Waals surface area contributed by atoms with Crippen LogP contribution in [-0.2, 0) is 10.0 Å². The van der Waals surface area contributed by atoms with E-state index in [1.807, 2.05) is 0 Å². The van der Waals surface area contributed by atoms with Gasteiger partial charge in [-0.15, -0.1) is 0 Å². The third kappa shape index (κ3) is 3.77. The van der Waals surface area contributed by atoms with Gasteiger partial charge in [0.1, 0.15) is 15.7 Å². The molecular weight excluding hydrogens is 385 g/mol. The molecule has 0 heterocycles. The van der Waals surface area contributed by atoms with E-state index in [0.29, 0.717) is 10.8 Å². The zero-order valence-corrected chi connectivity index (χ0v) is 15.1. The van der Waals surface area contributed by atoms with Crippen LogP contribution in [0.3, 0.4) is 0 Å². The molecule has 0 saturated heterocycles. The number of halogens is 3. The summed E-state index contributed by atoms with van der Waals surface area (Å²) in [6.07, 6.45) is 0. The Bertz CT molecular complexity index is 840. The van der Waals surface area contributed by atoms with Crippen LogP contribution in [0.1, 0.15) is 0 Å². The molecule has 2 aromatic carbocycles. The third-order valence-electron chi connectivity index (χ3n) is 2.91. The van der Waals surface area contributed by atoms with Crippen molar-refractivity contribution in [3.8, 4) is 11.5 Å². The molecular formula is C14H12Cl3NO4S. The number of anilines is 1. The molecule has 0 aliphatic heterocycles. The Kier molecular flexibility index (Phi) is 5.52. The number of nitrogens with one attached hydrogen (secondary N) is 1. The number of rotatable bonds is 5. The van der Waals surface area contributed by atoms with Crippen LogP contribution in [-0.4, -0.2) is 22.6 Å². The fourth-order valence-electron chi connectivity index (χ4n) is 1.88. The van der Waals surface area contributed by atoms with E-state index in [0.717, 1.165) is 0 Å². The van der Waals surface area contributed by atoms with Gasteiger partial charge in [0, 0.05) is 5.02 Å². The van der Waals surface area contributed by atoms with Gasteiger partial charge in [0.05, 0.1) is 24.9 Å². The second kappa shape index (κ2) is 7.05. The van der Waals surface area contributed by atoms with Crippen LogP contribution in [0.4, 0.5) is 5.69 Å². The van der Waals surface area contributed by atoms with Gasteiger partial charge >= 0.3 is 0 Å². The molecule has 0 radical (unpaired) electrons. The van der Waals surface area contributed by atoms with Crippen molar-refractivity contribution in [3.63, 3.8) is 0 Å². The Labute approximate surface area is 149 Å². The third-order valence-corrected chi connectivity index (χ3v) is 5.32. The van der Waals surface area contributed by atoms with Crippen LogP contribution in [0.15, 0.2) is 35.2 Å². The molecule has 124 valence electrons. The molecule has 0 fully saturated rings. The van der Waals surface area contributed by atoms with Gasteiger partial charge < -0.3 is 9.47 Å². The number of sulfonamides is 1. The Hall–Kier alpha value is -1.34. The van der Waals surface area contributed by atoms with Crippen molar-refractivity contribution in [1.29, 1.82) is 0 Å². The van der Waals surface area contributed by atoms with Crippen molar-refractivity contribution in [2.24, 2.45) is 0 Å². The van der Waals surface area contributed by atoms with E-state index in [-0.39, 0.29) is 26.4 Å². The SMILES string of the molecule is COc1ccc(Cl)cc1NS(=O)(=O)c1ccc(Cl)c(Cl)c1OC. The topological polar surface area (TPSA) is 64.6 Å². The molecule has 2 aromatic rings. The molecule has 23 heavy (non-hydrogen) atoms. The summed E-state index contributed by atoms with van der Waals surface area (Å²) in [5, 5.41) is 0.544. The molecule has 9 heteroatoms. The number of methoxy groups -OCH3 is 2. The maximum atomic E-state index is 12.6. The van der Waals surface area contributed by atoms with Crippen molar-refractivity contribution < 1.29 is 17.9 Å². The van der Waals surface area contributed by atoms with Crippen LogP contribution >= 0.6 is 34.8 Å². The first-order valence-electron chi connectivity index (χ1n) is 6.18. The lowest BCUT2D eigenvalue weighted by Crippen LogP contribution is -2.15. The maximum absolute atomic E-state index is 12.6. The fourth-order valence-corrected chi connectivity index (χ4v) is 3.73. The van der Waals surface area contributed by atoms with Crippen LogP contribution < -0.4 is 14.2 Å². The van der Waals surface area contributed by atoms with E-state index < -0.39 is 10.0 Å². The zero-order valence-electron chi connectivity index (χ0n) is 12.1. The molecule has 0 aliphatic rings. The molecule has 0 unspecified atom stereocenters. The standard InChI is InChI=1S/C14H12Cl3NO4S/c1-21-11-5-3-8(15)7-10(11)18-23(19,20)12-6-4-9(16)13(17)14(12)22-2/h3-7,18H,1-2H3. The summed E-state index contributed by atoms with van der Waals surface area (Å²) in [6, 6.07) is 7.23. The van der Waals surface area contributed by atoms with Crippen molar-refractivity contribution in [2.75, 3.05) is 18.9 Å². The molecule has 0 saturated carbocycles. The van der Waals surface area contributed by atoms with Gasteiger partial charge in [-0.3, -0.25) is 4.72 Å². The fraction of sp³-hybridized carbons (Fsp3) is 0.143. The molecule has 0 spiro atoms. The van der Waals surface area contributed by atoms with Gasteiger partial charge in [-0.1, -0.05) is 34.8 Å². The van der Waals surface area contributed by atoms with Gasteiger partial charge in [0.25, 0.3) is 10.0 Å². The van der Waals surface area contributed by atoms with Gasteiger partial charge in [-0.2, -0.15) is 0 Å². The number of hydrogen-bond donors (Lipinski definition) is 1. The Balaban J connectivity index is 2.53. The van der Waals surface area contributed by atoms with Crippen LogP contribution in [0.5, 0.6) is 11.5 Å². The highest BCUT2D eigenvalue weighted by Crippen LogP contribution is 2.39. The normalized spacial score (nSPS) is 11.2. The Morgan fingerprint density at radius 2 is 1.70 bits per heavy atom. The first-order valence-corrected chi connectivity index (χ1v) is 8.80. The lowest BCUT2D eigenvalue weighted by Gasteiger charge is -2.15. The largest absolute Gasteiger partial charge is 0.495 e. The van der Waals surface area contributed by atoms with E-state index in [1.54, 1.807) is 12.1 Å². The molecule has 0 amide bonds. The predicted molar refractivity (Wildman–Crippen MR) is 91.8 cm³/mol. The van der Waals surface area contributed by atoms with E-state index in [1.165, 1.54) is 32.4 Å². The lowest BCUT2D eigenvalue weighted by molar-refractivity contribution is 0.403. The minimum Gasteiger partial charge on any atom is -0.495 e. The van der Waals surface area contributed by atoms with Crippen molar-refractivity contribution >= 4 is 50.5 Å². The summed E-state index contributed by atoms with van der Waals surface area (Å²) in [6.45, 7) is 0. The summed E-state index contributed by atoms with van der Waals surface area (Å²) in [5.74, 6) is 0.268. The summed E-state index contributed by atoms with van der Waals surface area (Å²) in [7, 11) is -1.28. The van der Waals surface area contributed by atoms with E-state index in [4.69, 9.17) is 44.3 Å². The quantitative estimate of drug-likeness (QED) is 0.810. The summed E-state index contributed by atoms with van der Waals surface area (Å²) in [5.41, 5.74) is 0.188. The van der Waals surface area contributed by atoms with Crippen molar-refractivity contribution in [3.05, 3.63) is 45.4 Å². The average molecular weight is 397 g/mol. The highest BCUT2D eigenvalue weighted by Gasteiger charge is 2.24. The summed E-state index contributed by atoms with van der Waals surface area (Å²) < 4.78 is 37.8. The summed E-state index contributed by atoms with van der Waals surface area (Å²) >= 11 is 17.8. The minimum atomic E-state index is -4.00. The first-order chi connectivity index (χ1) is 10.8. The average Bonchev–Trinajstić information content (AvgIpc) is 2.49. The molecule has 1 N–H and O–H groups in total. The zero-order chi connectivity index (χ0) is 17.2. The minimum absolute atomic E-state index is 0.00935. The molecule has 0 bridgehead atoms. The first kappa shape index (κ1) is 18.0. The van der Waals surface area contributed by atoms with Crippen LogP contribution in [0, 0.1) is 0 Å². The molecule has 5 nitrogen and oxygen atoms in total. The van der Waals surface area contributed by atoms with E-state index >= 15 is 0 Å². The van der Waals surface area contributed by atoms with E-state index in [2.05, 4.69) is 4.72 Å². The second-order valence-corrected chi connectivity index (χ2v) is 7.22. The van der Waals surface area contributed by atoms with Gasteiger partial charge in [0.15, 0.2) is 5.75 Å². The number of hydrogen-bond acceptors (Lipinski definition) is 4. The molecule has 0 atom stereocenters. The molecule has 0 aliphatic carbocycles. The Morgan fingerprint density at radius 1 is 1.00 bits per heavy atom. The lowest BCUT2D eigenvalue weighted by atomic mass is 10.3. The van der Waals surface area contributed by atoms with Crippen LogP contribution in [0.25, 0.3) is 0 Å². The Morgan fingerprint density at radius 3 is 2.30 bits per heavy atom. The predicted octanol–water partition coefficient (Wildman–Crippen LogP) is 4.46. The van der Waals surface area contributed by atoms with Crippen molar-refractivity contribution in [2.45, 2.75) is 4.90 Å². The second-order valence-electron chi connectivity index (χ2n) is 4.34. The number of benzene rings is 2. The van der Waals surface area contributed by atoms with Crippen LogP contribution in [0.2, 0.25) is 15.1 Å². The molecule has 0 aromatic heterocycles. The van der Waals surface area contributed by atoms with Crippen molar-refractivity contribution in [1.82, 2.24) is 0 Å². The highest BCUT2D eigenvalue weighted by atomic mass is 35.5. The van der Waals surface area contributed by atoms with Gasteiger partial charge in [0.2, 0.25) is 0 Å². The van der Waals surface area contributed by atoms with Gasteiger partial charge in [-0.05, 0) is 30.3 Å². The smallest absolute Gasteiger partial charge is 0.265 e. The number of ether oxygens (including phenoxy) is 2. The van der Waals surface area contributed by atoms with E-state index in [9.17, 15) is 8.42 Å². The highest BCUT2D eigenvalue weighted by molar-refractivity contribution is 7.92.